The van der Waals surface area contributed by atoms with E-state index in [9.17, 15) is 19.5 Å². The van der Waals surface area contributed by atoms with Crippen molar-refractivity contribution < 1.29 is 29.0 Å². The fraction of sp³-hybridized carbons (Fsp3) is 0.441. The molecule has 2 aromatic carbocycles. The van der Waals surface area contributed by atoms with Gasteiger partial charge in [0.25, 0.3) is 0 Å². The lowest BCUT2D eigenvalue weighted by Gasteiger charge is -2.48. The van der Waals surface area contributed by atoms with Crippen LogP contribution in [0, 0.1) is 17.8 Å². The van der Waals surface area contributed by atoms with Crippen LogP contribution in [0.15, 0.2) is 58.9 Å². The monoisotopic (exact) mass is 591 g/mol. The van der Waals surface area contributed by atoms with Gasteiger partial charge in [-0.05, 0) is 53.9 Å². The number of allylic oxidation sites excluding steroid dienone is 4. The molecule has 5 rings (SSSR count). The second kappa shape index (κ2) is 10.9. The first-order valence-electron chi connectivity index (χ1n) is 14.3. The zero-order chi connectivity index (χ0) is 30.6. The Hall–Kier alpha value is -3.58. The Bertz CT molecular complexity index is 1480. The van der Waals surface area contributed by atoms with Crippen molar-refractivity contribution >= 4 is 29.1 Å². The number of halogens is 1. The number of rotatable bonds is 7. The number of carboxylic acids is 1. The van der Waals surface area contributed by atoms with Crippen LogP contribution in [0.25, 0.3) is 0 Å². The van der Waals surface area contributed by atoms with E-state index >= 15 is 0 Å². The Kier molecular flexibility index (Phi) is 7.77. The number of ether oxygens (including phenoxy) is 2. The molecule has 0 unspecified atom stereocenters. The molecule has 0 aromatic heterocycles. The van der Waals surface area contributed by atoms with E-state index in [2.05, 4.69) is 0 Å². The maximum Gasteiger partial charge on any atom is 0.323 e. The minimum Gasteiger partial charge on any atom is -0.493 e. The van der Waals surface area contributed by atoms with Gasteiger partial charge in [-0.25, -0.2) is 0 Å². The Morgan fingerprint density at radius 1 is 0.952 bits per heavy atom. The lowest BCUT2D eigenvalue weighted by atomic mass is 9.63. The van der Waals surface area contributed by atoms with E-state index in [-0.39, 0.29) is 35.5 Å². The summed E-state index contributed by atoms with van der Waals surface area (Å²) < 4.78 is 11.8. The van der Waals surface area contributed by atoms with Gasteiger partial charge in [0.05, 0.1) is 12.1 Å². The molecule has 222 valence electrons. The molecular formula is C34H38ClNO6. The minimum absolute atomic E-state index is 0.0828. The van der Waals surface area contributed by atoms with Crippen molar-refractivity contribution in [3.8, 4) is 11.5 Å². The topological polar surface area (TPSA) is 93.1 Å². The molecule has 1 aliphatic heterocycles. The molecule has 0 spiro atoms. The van der Waals surface area contributed by atoms with Gasteiger partial charge in [0.1, 0.15) is 13.2 Å². The summed E-state index contributed by atoms with van der Waals surface area (Å²) in [4.78, 5) is 41.6. The molecule has 7 nitrogen and oxygen atoms in total. The average Bonchev–Trinajstić information content (AvgIpc) is 2.87. The summed E-state index contributed by atoms with van der Waals surface area (Å²) in [5, 5.41) is 10.2. The van der Waals surface area contributed by atoms with Crippen molar-refractivity contribution in [3.63, 3.8) is 0 Å². The molecule has 0 radical (unpaired) electrons. The van der Waals surface area contributed by atoms with Gasteiger partial charge in [0, 0.05) is 41.3 Å². The third-order valence-corrected chi connectivity index (χ3v) is 8.68. The summed E-state index contributed by atoms with van der Waals surface area (Å²) in [7, 11) is 1.53. The zero-order valence-corrected chi connectivity index (χ0v) is 25.9. The molecule has 1 N–H and O–H groups in total. The van der Waals surface area contributed by atoms with Gasteiger partial charge < -0.3 is 19.5 Å². The lowest BCUT2D eigenvalue weighted by Crippen LogP contribution is -2.45. The van der Waals surface area contributed by atoms with Gasteiger partial charge in [-0.2, -0.15) is 0 Å². The number of hydrogen-bond donors (Lipinski definition) is 1. The molecule has 1 heterocycles. The first kappa shape index (κ1) is 29.9. The minimum atomic E-state index is -1.02. The molecule has 0 saturated carbocycles. The normalized spacial score (nSPS) is 19.9. The van der Waals surface area contributed by atoms with Gasteiger partial charge in [-0.15, -0.1) is 0 Å². The second-order valence-corrected chi connectivity index (χ2v) is 13.7. The van der Waals surface area contributed by atoms with Gasteiger partial charge in [0.2, 0.25) is 0 Å². The Morgan fingerprint density at radius 2 is 1.50 bits per heavy atom. The highest BCUT2D eigenvalue weighted by atomic mass is 35.5. The molecule has 8 heteroatoms. The lowest BCUT2D eigenvalue weighted by molar-refractivity contribution is -0.138. The molecular weight excluding hydrogens is 554 g/mol. The van der Waals surface area contributed by atoms with Crippen molar-refractivity contribution in [2.24, 2.45) is 10.8 Å². The fourth-order valence-corrected chi connectivity index (χ4v) is 6.87. The fourth-order valence-electron chi connectivity index (χ4n) is 6.59. The standard InChI is InChI=1S/C34H38ClNO6/c1-19-7-9-20(10-8-19)18-42-32-22(35)11-21(12-27(32)41-6)29-30-23(13-33(2,3)15-25(30)37)36(17-28(39)40)24-14-34(4,5)16-26(38)31(24)29/h7-12,29H,13-18H2,1-6H3,(H,39,40). The van der Waals surface area contributed by atoms with Crippen molar-refractivity contribution in [1.29, 1.82) is 0 Å². The first-order valence-corrected chi connectivity index (χ1v) is 14.6. The number of nitrogens with zero attached hydrogens (tertiary/aromatic N) is 1. The number of aryl methyl sites for hydroxylation is 1. The first-order chi connectivity index (χ1) is 19.7. The van der Waals surface area contributed by atoms with E-state index in [1.54, 1.807) is 17.0 Å². The number of benzene rings is 2. The highest BCUT2D eigenvalue weighted by Crippen LogP contribution is 2.55. The number of carbonyl (C=O) groups excluding carboxylic acids is 2. The molecule has 0 atom stereocenters. The van der Waals surface area contributed by atoms with Crippen molar-refractivity contribution in [2.75, 3.05) is 13.7 Å². The number of ketones is 2. The molecule has 0 fully saturated rings. The Morgan fingerprint density at radius 3 is 2.00 bits per heavy atom. The number of carbonyl (C=O) groups is 3. The van der Waals surface area contributed by atoms with Gasteiger partial charge >= 0.3 is 5.97 Å². The summed E-state index contributed by atoms with van der Waals surface area (Å²) in [6.07, 6.45) is 1.64. The Balaban J connectivity index is 1.66. The zero-order valence-electron chi connectivity index (χ0n) is 25.1. The molecule has 0 amide bonds. The maximum atomic E-state index is 13.9. The summed E-state index contributed by atoms with van der Waals surface area (Å²) in [6.45, 7) is 10.1. The van der Waals surface area contributed by atoms with Gasteiger partial charge in [0.15, 0.2) is 23.1 Å². The SMILES string of the molecule is COc1cc(C2C3=C(CC(C)(C)CC3=O)N(CC(=O)O)C3=C2C(=O)CC(C)(C)C3)cc(Cl)c1OCc1ccc(C)cc1. The molecule has 0 saturated heterocycles. The Labute approximate surface area is 252 Å². The third kappa shape index (κ3) is 5.71. The number of aliphatic carboxylic acids is 1. The predicted octanol–water partition coefficient (Wildman–Crippen LogP) is 7.01. The van der Waals surface area contributed by atoms with Crippen LogP contribution in [0.5, 0.6) is 11.5 Å². The van der Waals surface area contributed by atoms with Crippen LogP contribution in [0.1, 0.15) is 76.0 Å². The number of methoxy groups -OCH3 is 1. The largest absolute Gasteiger partial charge is 0.493 e. The molecule has 42 heavy (non-hydrogen) atoms. The van der Waals surface area contributed by atoms with Gasteiger partial charge in [-0.1, -0.05) is 69.1 Å². The van der Waals surface area contributed by atoms with Gasteiger partial charge in [-0.3, -0.25) is 14.4 Å². The van der Waals surface area contributed by atoms with Crippen LogP contribution in [-0.4, -0.2) is 41.2 Å². The van der Waals surface area contributed by atoms with Crippen molar-refractivity contribution in [2.45, 2.75) is 72.8 Å². The smallest absolute Gasteiger partial charge is 0.323 e. The summed E-state index contributed by atoms with van der Waals surface area (Å²) >= 11 is 6.84. The third-order valence-electron chi connectivity index (χ3n) is 8.40. The highest BCUT2D eigenvalue weighted by molar-refractivity contribution is 6.32. The number of hydrogen-bond acceptors (Lipinski definition) is 6. The van der Waals surface area contributed by atoms with Crippen LogP contribution in [0.4, 0.5) is 0 Å². The highest BCUT2D eigenvalue weighted by Gasteiger charge is 2.49. The summed E-state index contributed by atoms with van der Waals surface area (Å²) in [5.74, 6) is -1.08. The maximum absolute atomic E-state index is 13.9. The molecule has 2 aliphatic carbocycles. The predicted molar refractivity (Wildman–Crippen MR) is 161 cm³/mol. The van der Waals surface area contributed by atoms with Crippen LogP contribution >= 0.6 is 11.6 Å². The van der Waals surface area contributed by atoms with E-state index in [4.69, 9.17) is 21.1 Å². The van der Waals surface area contributed by atoms with E-state index in [0.717, 1.165) is 11.1 Å². The molecule has 3 aliphatic rings. The van der Waals surface area contributed by atoms with E-state index in [1.165, 1.54) is 7.11 Å². The quantitative estimate of drug-likeness (QED) is 0.370. The molecule has 0 bridgehead atoms. The number of Topliss-reactive ketones (excluding diaryl/α,β-unsaturated/α-hetero) is 2. The van der Waals surface area contributed by atoms with Crippen LogP contribution in [0.2, 0.25) is 5.02 Å². The summed E-state index contributed by atoms with van der Waals surface area (Å²) in [5.41, 5.74) is 4.39. The van der Waals surface area contributed by atoms with E-state index in [1.807, 2.05) is 58.9 Å². The molecule has 2 aromatic rings. The van der Waals surface area contributed by atoms with E-state index < -0.39 is 11.9 Å². The van der Waals surface area contributed by atoms with Crippen LogP contribution < -0.4 is 9.47 Å². The average molecular weight is 592 g/mol. The second-order valence-electron chi connectivity index (χ2n) is 13.3. The van der Waals surface area contributed by atoms with Crippen molar-refractivity contribution in [3.05, 3.63) is 80.7 Å². The van der Waals surface area contributed by atoms with E-state index in [0.29, 0.717) is 70.3 Å². The number of carboxylic acid groups (broad SMARTS) is 1. The van der Waals surface area contributed by atoms with Crippen LogP contribution in [-0.2, 0) is 21.0 Å². The summed E-state index contributed by atoms with van der Waals surface area (Å²) in [6, 6.07) is 11.6. The van der Waals surface area contributed by atoms with Crippen molar-refractivity contribution in [1.82, 2.24) is 4.90 Å². The van der Waals surface area contributed by atoms with Crippen LogP contribution in [0.3, 0.4) is 0 Å².